The van der Waals surface area contributed by atoms with Gasteiger partial charge in [0.25, 0.3) is 0 Å². The molecule has 0 atom stereocenters. The number of nitrogens with zero attached hydrogens (tertiary/aromatic N) is 1. The number of anilines is 1. The van der Waals surface area contributed by atoms with Crippen molar-refractivity contribution in [1.82, 2.24) is 4.98 Å². The molecule has 122 valence electrons. The van der Waals surface area contributed by atoms with E-state index in [1.807, 2.05) is 12.1 Å². The second-order valence-electron chi connectivity index (χ2n) is 6.73. The fraction of sp³-hybridized carbons (Fsp3) is 0.200. The number of nitrogens with one attached hydrogen (secondary N) is 1. The maximum absolute atomic E-state index is 12.0. The molecule has 1 amide bonds. The predicted molar refractivity (Wildman–Crippen MR) is 96.8 cm³/mol. The minimum Gasteiger partial charge on any atom is -0.443 e. The van der Waals surface area contributed by atoms with Gasteiger partial charge < -0.3 is 9.73 Å². The average molecular weight is 320 g/mol. The van der Waals surface area contributed by atoms with E-state index < -0.39 is 0 Å². The molecule has 1 heterocycles. The quantitative estimate of drug-likeness (QED) is 0.707. The largest absolute Gasteiger partial charge is 0.443 e. The third-order valence-electron chi connectivity index (χ3n) is 3.80. The predicted octanol–water partition coefficient (Wildman–Crippen LogP) is 4.78. The number of amides is 1. The Morgan fingerprint density at radius 2 is 1.88 bits per heavy atom. The van der Waals surface area contributed by atoms with Crippen molar-refractivity contribution in [2.24, 2.45) is 0 Å². The summed E-state index contributed by atoms with van der Waals surface area (Å²) in [7, 11) is 0. The molecule has 1 N–H and O–H groups in total. The highest BCUT2D eigenvalue weighted by Gasteiger charge is 2.12. The first kappa shape index (κ1) is 16.0. The van der Waals surface area contributed by atoms with Gasteiger partial charge in [-0.15, -0.1) is 0 Å². The van der Waals surface area contributed by atoms with Crippen LogP contribution in [0.2, 0.25) is 0 Å². The van der Waals surface area contributed by atoms with Gasteiger partial charge in [-0.2, -0.15) is 0 Å². The molecule has 0 saturated heterocycles. The van der Waals surface area contributed by atoms with Crippen molar-refractivity contribution in [3.63, 3.8) is 0 Å². The number of oxazole rings is 1. The van der Waals surface area contributed by atoms with E-state index in [0.29, 0.717) is 11.3 Å². The fourth-order valence-electron chi connectivity index (χ4n) is 2.39. The first-order valence-corrected chi connectivity index (χ1v) is 7.85. The summed E-state index contributed by atoms with van der Waals surface area (Å²) < 4.78 is 5.18. The van der Waals surface area contributed by atoms with Gasteiger partial charge in [0.1, 0.15) is 5.52 Å². The summed E-state index contributed by atoms with van der Waals surface area (Å²) in [6, 6.07) is 13.6. The van der Waals surface area contributed by atoms with Crippen molar-refractivity contribution < 1.29 is 9.21 Å². The molecule has 0 aliphatic heterocycles. The van der Waals surface area contributed by atoms with E-state index in [1.165, 1.54) is 18.0 Å². The van der Waals surface area contributed by atoms with Crippen LogP contribution in [0.15, 0.2) is 59.4 Å². The summed E-state index contributed by atoms with van der Waals surface area (Å²) in [6.07, 6.45) is 4.72. The van der Waals surface area contributed by atoms with Gasteiger partial charge in [0, 0.05) is 11.8 Å². The summed E-state index contributed by atoms with van der Waals surface area (Å²) in [4.78, 5) is 16.1. The zero-order chi connectivity index (χ0) is 17.2. The van der Waals surface area contributed by atoms with Crippen LogP contribution < -0.4 is 5.32 Å². The zero-order valence-electron chi connectivity index (χ0n) is 14.0. The molecule has 1 aromatic heterocycles. The standard InChI is InChI=1S/C20H20N2O2/c1-20(2,3)15-7-4-14(5-8-15)6-11-19(23)22-16-9-10-18-17(12-16)21-13-24-18/h4-13H,1-3H3,(H,22,23)/b11-6+. The smallest absolute Gasteiger partial charge is 0.248 e. The highest BCUT2D eigenvalue weighted by atomic mass is 16.3. The molecular formula is C20H20N2O2. The number of fused-ring (bicyclic) bond motifs is 1. The van der Waals surface area contributed by atoms with Crippen LogP contribution in [-0.2, 0) is 10.2 Å². The number of aromatic nitrogens is 1. The van der Waals surface area contributed by atoms with Crippen LogP contribution in [-0.4, -0.2) is 10.9 Å². The van der Waals surface area contributed by atoms with Crippen molar-refractivity contribution >= 4 is 28.8 Å². The lowest BCUT2D eigenvalue weighted by Crippen LogP contribution is -2.10. The molecule has 3 aromatic rings. The topological polar surface area (TPSA) is 55.1 Å². The van der Waals surface area contributed by atoms with Gasteiger partial charge >= 0.3 is 0 Å². The lowest BCUT2D eigenvalue weighted by molar-refractivity contribution is -0.111. The van der Waals surface area contributed by atoms with Gasteiger partial charge in [-0.05, 0) is 40.8 Å². The molecule has 24 heavy (non-hydrogen) atoms. The summed E-state index contributed by atoms with van der Waals surface area (Å²) in [5.41, 5.74) is 4.49. The molecule has 0 saturated carbocycles. The van der Waals surface area contributed by atoms with Crippen LogP contribution in [0.1, 0.15) is 31.9 Å². The first-order valence-electron chi connectivity index (χ1n) is 7.85. The van der Waals surface area contributed by atoms with E-state index in [9.17, 15) is 4.79 Å². The molecule has 4 nitrogen and oxygen atoms in total. The number of hydrogen-bond acceptors (Lipinski definition) is 3. The van der Waals surface area contributed by atoms with Crippen molar-refractivity contribution in [2.45, 2.75) is 26.2 Å². The van der Waals surface area contributed by atoms with Crippen molar-refractivity contribution in [1.29, 1.82) is 0 Å². The molecule has 3 rings (SSSR count). The molecule has 2 aromatic carbocycles. The van der Waals surface area contributed by atoms with Crippen molar-refractivity contribution in [2.75, 3.05) is 5.32 Å². The van der Waals surface area contributed by atoms with Gasteiger partial charge in [0.05, 0.1) is 0 Å². The third-order valence-corrected chi connectivity index (χ3v) is 3.80. The molecule has 0 aliphatic rings. The van der Waals surface area contributed by atoms with Crippen LogP contribution in [0.4, 0.5) is 5.69 Å². The van der Waals surface area contributed by atoms with Crippen LogP contribution >= 0.6 is 0 Å². The lowest BCUT2D eigenvalue weighted by atomic mass is 9.87. The summed E-state index contributed by atoms with van der Waals surface area (Å²) >= 11 is 0. The summed E-state index contributed by atoms with van der Waals surface area (Å²) in [5.74, 6) is -0.183. The van der Waals surface area contributed by atoms with Crippen LogP contribution in [0.25, 0.3) is 17.2 Å². The molecular weight excluding hydrogens is 300 g/mol. The molecule has 0 radical (unpaired) electrons. The van der Waals surface area contributed by atoms with E-state index in [2.05, 4.69) is 43.2 Å². The maximum atomic E-state index is 12.0. The van der Waals surface area contributed by atoms with Crippen molar-refractivity contribution in [3.05, 3.63) is 66.1 Å². The number of rotatable bonds is 3. The molecule has 4 heteroatoms. The number of carbonyl (C=O) groups excluding carboxylic acids is 1. The Labute approximate surface area is 141 Å². The van der Waals surface area contributed by atoms with Crippen LogP contribution in [0, 0.1) is 0 Å². The number of benzene rings is 2. The second-order valence-corrected chi connectivity index (χ2v) is 6.73. The Hall–Kier alpha value is -2.88. The van der Waals surface area contributed by atoms with E-state index >= 15 is 0 Å². The molecule has 0 fully saturated rings. The van der Waals surface area contributed by atoms with Gasteiger partial charge in [0.15, 0.2) is 12.0 Å². The second kappa shape index (κ2) is 6.32. The minimum absolute atomic E-state index is 0.124. The third kappa shape index (κ3) is 3.71. The molecule has 0 unspecified atom stereocenters. The average Bonchev–Trinajstić information content (AvgIpc) is 3.00. The lowest BCUT2D eigenvalue weighted by Gasteiger charge is -2.18. The fourth-order valence-corrected chi connectivity index (χ4v) is 2.39. The molecule has 0 bridgehead atoms. The maximum Gasteiger partial charge on any atom is 0.248 e. The Morgan fingerprint density at radius 1 is 1.12 bits per heavy atom. The SMILES string of the molecule is CC(C)(C)c1ccc(/C=C/C(=O)Nc2ccc3ocnc3c2)cc1. The van der Waals surface area contributed by atoms with Gasteiger partial charge in [-0.1, -0.05) is 45.0 Å². The Balaban J connectivity index is 1.66. The monoisotopic (exact) mass is 320 g/mol. The first-order chi connectivity index (χ1) is 11.4. The summed E-state index contributed by atoms with van der Waals surface area (Å²) in [6.45, 7) is 6.53. The van der Waals surface area contributed by atoms with E-state index in [4.69, 9.17) is 4.42 Å². The van der Waals surface area contributed by atoms with Gasteiger partial charge in [-0.3, -0.25) is 4.79 Å². The van der Waals surface area contributed by atoms with Crippen molar-refractivity contribution in [3.8, 4) is 0 Å². The Kier molecular flexibility index (Phi) is 4.21. The van der Waals surface area contributed by atoms with Crippen LogP contribution in [0.5, 0.6) is 0 Å². The normalized spacial score (nSPS) is 12.0. The number of carbonyl (C=O) groups is 1. The Bertz CT molecular complexity index is 884. The van der Waals surface area contributed by atoms with Crippen LogP contribution in [0.3, 0.4) is 0 Å². The highest BCUT2D eigenvalue weighted by molar-refractivity contribution is 6.02. The Morgan fingerprint density at radius 3 is 2.58 bits per heavy atom. The summed E-state index contributed by atoms with van der Waals surface area (Å²) in [5, 5.41) is 2.82. The van der Waals surface area contributed by atoms with E-state index in [0.717, 1.165) is 11.1 Å². The van der Waals surface area contributed by atoms with Gasteiger partial charge in [-0.25, -0.2) is 4.98 Å². The zero-order valence-corrected chi connectivity index (χ0v) is 14.0. The highest BCUT2D eigenvalue weighted by Crippen LogP contribution is 2.22. The molecule has 0 aliphatic carbocycles. The minimum atomic E-state index is -0.183. The molecule has 0 spiro atoms. The van der Waals surface area contributed by atoms with Gasteiger partial charge in [0.2, 0.25) is 5.91 Å². The van der Waals surface area contributed by atoms with E-state index in [-0.39, 0.29) is 11.3 Å². The number of hydrogen-bond donors (Lipinski definition) is 1. The van der Waals surface area contributed by atoms with E-state index in [1.54, 1.807) is 24.3 Å².